The monoisotopic (exact) mass is 304 g/mol. The van der Waals surface area contributed by atoms with E-state index in [0.717, 1.165) is 45.2 Å². The van der Waals surface area contributed by atoms with Crippen molar-refractivity contribution in [1.82, 2.24) is 10.4 Å². The van der Waals surface area contributed by atoms with Crippen molar-refractivity contribution < 1.29 is 14.8 Å². The summed E-state index contributed by atoms with van der Waals surface area (Å²) in [5, 5.41) is 8.37. The molecule has 1 aromatic rings. The predicted octanol–water partition coefficient (Wildman–Crippen LogP) is 2.42. The Morgan fingerprint density at radius 2 is 1.73 bits per heavy atom. The van der Waals surface area contributed by atoms with Crippen LogP contribution in [0.2, 0.25) is 0 Å². The van der Waals surface area contributed by atoms with Gasteiger partial charge in [0.25, 0.3) is 0 Å². The summed E-state index contributed by atoms with van der Waals surface area (Å²) in [5.74, 6) is -0.120. The van der Waals surface area contributed by atoms with Crippen molar-refractivity contribution in [3.8, 4) is 0 Å². The lowest BCUT2D eigenvalue weighted by atomic mass is 9.99. The Labute approximate surface area is 131 Å². The summed E-state index contributed by atoms with van der Waals surface area (Å²) in [6, 6.07) is 8.31. The van der Waals surface area contributed by atoms with Gasteiger partial charge < -0.3 is 4.90 Å². The number of hydroxylamine groups is 1. The minimum absolute atomic E-state index is 0.225. The summed E-state index contributed by atoms with van der Waals surface area (Å²) in [6.45, 7) is 1.54. The highest BCUT2D eigenvalue weighted by atomic mass is 16.5. The highest BCUT2D eigenvalue weighted by Crippen LogP contribution is 2.19. The number of unbranched alkanes of at least 4 members (excludes halogenated alkanes) is 3. The Kier molecular flexibility index (Phi) is 6.40. The summed E-state index contributed by atoms with van der Waals surface area (Å²) in [6.07, 6.45) is 5.31. The zero-order valence-electron chi connectivity index (χ0n) is 12.9. The van der Waals surface area contributed by atoms with Crippen molar-refractivity contribution in [1.29, 1.82) is 0 Å². The molecule has 2 N–H and O–H groups in total. The number of amides is 2. The van der Waals surface area contributed by atoms with Crippen LogP contribution in [0.5, 0.6) is 0 Å². The normalized spacial score (nSPS) is 13.6. The average Bonchev–Trinajstić information content (AvgIpc) is 2.56. The molecule has 22 heavy (non-hydrogen) atoms. The molecule has 1 aromatic carbocycles. The molecular weight excluding hydrogens is 280 g/mol. The maximum Gasteiger partial charge on any atom is 0.243 e. The van der Waals surface area contributed by atoms with E-state index in [2.05, 4.69) is 12.1 Å². The number of carbonyl (C=O) groups excluding carboxylic acids is 2. The molecule has 5 nitrogen and oxygen atoms in total. The van der Waals surface area contributed by atoms with Crippen LogP contribution in [0.15, 0.2) is 24.3 Å². The fraction of sp³-hybridized carbons (Fsp3) is 0.529. The molecule has 0 saturated heterocycles. The van der Waals surface area contributed by atoms with Crippen LogP contribution in [0.4, 0.5) is 0 Å². The molecule has 0 bridgehead atoms. The molecule has 1 aliphatic heterocycles. The third kappa shape index (κ3) is 4.84. The van der Waals surface area contributed by atoms with Crippen LogP contribution in [-0.2, 0) is 22.6 Å². The number of nitrogens with zero attached hydrogens (tertiary/aromatic N) is 1. The largest absolute Gasteiger partial charge is 0.338 e. The number of hydrogen-bond acceptors (Lipinski definition) is 3. The minimum atomic E-state index is -0.344. The van der Waals surface area contributed by atoms with E-state index >= 15 is 0 Å². The van der Waals surface area contributed by atoms with Crippen LogP contribution in [-0.4, -0.2) is 28.5 Å². The van der Waals surface area contributed by atoms with Crippen LogP contribution in [0.1, 0.15) is 49.7 Å². The Balaban J connectivity index is 1.63. The summed E-state index contributed by atoms with van der Waals surface area (Å²) in [7, 11) is 0. The SMILES string of the molecule is O=C(CCCCCCC(=O)N1CCc2ccccc2C1)NO. The second kappa shape index (κ2) is 8.54. The molecule has 120 valence electrons. The van der Waals surface area contributed by atoms with Gasteiger partial charge >= 0.3 is 0 Å². The van der Waals surface area contributed by atoms with Crippen LogP contribution >= 0.6 is 0 Å². The molecule has 0 saturated carbocycles. The molecule has 0 atom stereocenters. The van der Waals surface area contributed by atoms with Gasteiger partial charge in [0.05, 0.1) is 0 Å². The zero-order chi connectivity index (χ0) is 15.8. The van der Waals surface area contributed by atoms with Gasteiger partial charge in [-0.1, -0.05) is 37.1 Å². The van der Waals surface area contributed by atoms with E-state index in [-0.39, 0.29) is 11.8 Å². The molecule has 0 unspecified atom stereocenters. The third-order valence-electron chi connectivity index (χ3n) is 4.15. The van der Waals surface area contributed by atoms with Crippen LogP contribution < -0.4 is 5.48 Å². The first kappa shape index (κ1) is 16.5. The maximum absolute atomic E-state index is 12.2. The summed E-state index contributed by atoms with van der Waals surface area (Å²) < 4.78 is 0. The van der Waals surface area contributed by atoms with Gasteiger partial charge in [-0.25, -0.2) is 5.48 Å². The Bertz CT molecular complexity index is 516. The second-order valence-corrected chi connectivity index (χ2v) is 5.78. The van der Waals surface area contributed by atoms with Crippen molar-refractivity contribution in [2.45, 2.75) is 51.5 Å². The first-order chi connectivity index (χ1) is 10.7. The van der Waals surface area contributed by atoms with Crippen LogP contribution in [0.3, 0.4) is 0 Å². The quantitative estimate of drug-likeness (QED) is 0.462. The smallest absolute Gasteiger partial charge is 0.243 e. The summed E-state index contributed by atoms with van der Waals surface area (Å²) >= 11 is 0. The Morgan fingerprint density at radius 1 is 1.05 bits per heavy atom. The van der Waals surface area contributed by atoms with E-state index in [0.29, 0.717) is 12.8 Å². The molecule has 1 heterocycles. The van der Waals surface area contributed by atoms with Crippen molar-refractivity contribution in [2.24, 2.45) is 0 Å². The van der Waals surface area contributed by atoms with Crippen molar-refractivity contribution >= 4 is 11.8 Å². The van der Waals surface area contributed by atoms with Crippen molar-refractivity contribution in [3.05, 3.63) is 35.4 Å². The van der Waals surface area contributed by atoms with Gasteiger partial charge in [0.1, 0.15) is 0 Å². The average molecular weight is 304 g/mol. The number of carbonyl (C=O) groups is 2. The fourth-order valence-corrected chi connectivity index (χ4v) is 2.84. The van der Waals surface area contributed by atoms with Crippen molar-refractivity contribution in [2.75, 3.05) is 6.54 Å². The fourth-order valence-electron chi connectivity index (χ4n) is 2.84. The standard InChI is InChI=1S/C17H24N2O3/c20-16(18-22)9-3-1-2-4-10-17(21)19-12-11-14-7-5-6-8-15(14)13-19/h5-8,22H,1-4,9-13H2,(H,18,20). The van der Waals surface area contributed by atoms with Gasteiger partial charge in [0, 0.05) is 25.9 Å². The minimum Gasteiger partial charge on any atom is -0.338 e. The number of hydrogen-bond donors (Lipinski definition) is 2. The lowest BCUT2D eigenvalue weighted by molar-refractivity contribution is -0.132. The molecule has 0 aromatic heterocycles. The van der Waals surface area contributed by atoms with Gasteiger partial charge in [-0.15, -0.1) is 0 Å². The van der Waals surface area contributed by atoms with E-state index in [1.165, 1.54) is 11.1 Å². The summed E-state index contributed by atoms with van der Waals surface area (Å²) in [5.41, 5.74) is 4.24. The predicted molar refractivity (Wildman–Crippen MR) is 83.2 cm³/mol. The third-order valence-corrected chi connectivity index (χ3v) is 4.15. The maximum atomic E-state index is 12.2. The molecule has 0 spiro atoms. The lowest BCUT2D eigenvalue weighted by Gasteiger charge is -2.29. The Morgan fingerprint density at radius 3 is 2.45 bits per heavy atom. The van der Waals surface area contributed by atoms with Crippen LogP contribution in [0, 0.1) is 0 Å². The highest BCUT2D eigenvalue weighted by Gasteiger charge is 2.19. The Hall–Kier alpha value is -1.88. The number of rotatable bonds is 7. The lowest BCUT2D eigenvalue weighted by Crippen LogP contribution is -2.35. The molecule has 0 aliphatic carbocycles. The molecule has 2 rings (SSSR count). The van der Waals surface area contributed by atoms with Gasteiger partial charge in [0.15, 0.2) is 0 Å². The first-order valence-corrected chi connectivity index (χ1v) is 7.98. The number of benzene rings is 1. The molecular formula is C17H24N2O3. The van der Waals surface area contributed by atoms with Gasteiger partial charge in [-0.3, -0.25) is 14.8 Å². The molecule has 0 radical (unpaired) electrons. The summed E-state index contributed by atoms with van der Waals surface area (Å²) in [4.78, 5) is 25.0. The van der Waals surface area contributed by atoms with E-state index in [9.17, 15) is 9.59 Å². The van der Waals surface area contributed by atoms with E-state index in [1.54, 1.807) is 5.48 Å². The van der Waals surface area contributed by atoms with Gasteiger partial charge in [-0.05, 0) is 30.4 Å². The topological polar surface area (TPSA) is 69.6 Å². The first-order valence-electron chi connectivity index (χ1n) is 7.98. The molecule has 0 fully saturated rings. The zero-order valence-corrected chi connectivity index (χ0v) is 12.9. The van der Waals surface area contributed by atoms with E-state index in [1.807, 2.05) is 17.0 Å². The second-order valence-electron chi connectivity index (χ2n) is 5.78. The van der Waals surface area contributed by atoms with Gasteiger partial charge in [-0.2, -0.15) is 0 Å². The van der Waals surface area contributed by atoms with Crippen LogP contribution in [0.25, 0.3) is 0 Å². The van der Waals surface area contributed by atoms with Gasteiger partial charge in [0.2, 0.25) is 11.8 Å². The van der Waals surface area contributed by atoms with E-state index < -0.39 is 0 Å². The molecule has 2 amide bonds. The number of fused-ring (bicyclic) bond motifs is 1. The van der Waals surface area contributed by atoms with Crippen molar-refractivity contribution in [3.63, 3.8) is 0 Å². The number of nitrogens with one attached hydrogen (secondary N) is 1. The van der Waals surface area contributed by atoms with E-state index in [4.69, 9.17) is 5.21 Å². The highest BCUT2D eigenvalue weighted by molar-refractivity contribution is 5.76. The molecule has 1 aliphatic rings. The molecule has 5 heteroatoms.